The molecule has 1 aromatic rings. The van der Waals surface area contributed by atoms with Crippen molar-refractivity contribution in [2.24, 2.45) is 5.14 Å². The maximum atomic E-state index is 11.9. The van der Waals surface area contributed by atoms with Crippen LogP contribution in [0.3, 0.4) is 0 Å². The highest BCUT2D eigenvalue weighted by Crippen LogP contribution is 2.09. The summed E-state index contributed by atoms with van der Waals surface area (Å²) < 4.78 is 22.3. The summed E-state index contributed by atoms with van der Waals surface area (Å²) in [6.45, 7) is 4.75. The standard InChI is InChI=1S/C10H15N3O3S/c1-3-13(4-2)10(14)9-7-8(5-6-12-9)17(11,15)16/h5-7H,3-4H2,1-2H3,(H2,11,15,16). The number of primary sulfonamides is 1. The fourth-order valence-corrected chi connectivity index (χ4v) is 1.90. The summed E-state index contributed by atoms with van der Waals surface area (Å²) in [4.78, 5) is 17.2. The van der Waals surface area contributed by atoms with Crippen molar-refractivity contribution < 1.29 is 13.2 Å². The lowest BCUT2D eigenvalue weighted by molar-refractivity contribution is 0.0767. The molecule has 0 saturated carbocycles. The quantitative estimate of drug-likeness (QED) is 0.834. The molecule has 1 aromatic heterocycles. The number of carbonyl (C=O) groups excluding carboxylic acids is 1. The van der Waals surface area contributed by atoms with Crippen LogP contribution in [0.25, 0.3) is 0 Å². The lowest BCUT2D eigenvalue weighted by Gasteiger charge is -2.17. The Morgan fingerprint density at radius 2 is 2.00 bits per heavy atom. The van der Waals surface area contributed by atoms with Gasteiger partial charge in [0.1, 0.15) is 5.69 Å². The van der Waals surface area contributed by atoms with Gasteiger partial charge in [0.2, 0.25) is 10.0 Å². The SMILES string of the molecule is CCN(CC)C(=O)c1cc(S(N)(=O)=O)ccn1. The van der Waals surface area contributed by atoms with Gasteiger partial charge < -0.3 is 4.90 Å². The summed E-state index contributed by atoms with van der Waals surface area (Å²) in [6, 6.07) is 2.45. The van der Waals surface area contributed by atoms with E-state index in [2.05, 4.69) is 4.98 Å². The highest BCUT2D eigenvalue weighted by Gasteiger charge is 2.16. The van der Waals surface area contributed by atoms with Crippen molar-refractivity contribution in [3.05, 3.63) is 24.0 Å². The molecule has 0 spiro atoms. The summed E-state index contributed by atoms with van der Waals surface area (Å²) in [5.41, 5.74) is 0.0835. The lowest BCUT2D eigenvalue weighted by Crippen LogP contribution is -2.31. The predicted molar refractivity (Wildman–Crippen MR) is 62.9 cm³/mol. The molecule has 0 atom stereocenters. The van der Waals surface area contributed by atoms with Gasteiger partial charge >= 0.3 is 0 Å². The Balaban J connectivity index is 3.12. The lowest BCUT2D eigenvalue weighted by atomic mass is 10.3. The van der Waals surface area contributed by atoms with Crippen molar-refractivity contribution in [3.63, 3.8) is 0 Å². The van der Waals surface area contributed by atoms with Gasteiger partial charge in [-0.15, -0.1) is 0 Å². The van der Waals surface area contributed by atoms with Crippen molar-refractivity contribution in [3.8, 4) is 0 Å². The second-order valence-corrected chi connectivity index (χ2v) is 4.96. The Labute approximate surface area is 100 Å². The normalized spacial score (nSPS) is 11.2. The zero-order valence-corrected chi connectivity index (χ0v) is 10.6. The molecule has 0 fully saturated rings. The molecule has 0 aliphatic carbocycles. The molecule has 0 aliphatic heterocycles. The van der Waals surface area contributed by atoms with Crippen molar-refractivity contribution in [2.45, 2.75) is 18.7 Å². The third-order valence-corrected chi connectivity index (χ3v) is 3.24. The Bertz CT molecular complexity index is 509. The summed E-state index contributed by atoms with van der Waals surface area (Å²) in [5, 5.41) is 4.99. The van der Waals surface area contributed by atoms with Crippen LogP contribution in [0.1, 0.15) is 24.3 Å². The van der Waals surface area contributed by atoms with Crippen LogP contribution in [0.4, 0.5) is 0 Å². The van der Waals surface area contributed by atoms with Gasteiger partial charge in [-0.2, -0.15) is 0 Å². The highest BCUT2D eigenvalue weighted by atomic mass is 32.2. The first-order valence-corrected chi connectivity index (χ1v) is 6.73. The van der Waals surface area contributed by atoms with Gasteiger partial charge in [0.25, 0.3) is 5.91 Å². The number of rotatable bonds is 4. The first-order chi connectivity index (χ1) is 7.90. The molecule has 7 heteroatoms. The van der Waals surface area contributed by atoms with E-state index in [0.717, 1.165) is 0 Å². The van der Waals surface area contributed by atoms with Gasteiger partial charge in [-0.1, -0.05) is 0 Å². The zero-order chi connectivity index (χ0) is 13.1. The number of hydrogen-bond acceptors (Lipinski definition) is 4. The van der Waals surface area contributed by atoms with Crippen molar-refractivity contribution in [1.82, 2.24) is 9.88 Å². The number of nitrogens with two attached hydrogens (primary N) is 1. The van der Waals surface area contributed by atoms with Crippen LogP contribution in [-0.4, -0.2) is 37.3 Å². The molecular formula is C10H15N3O3S. The second kappa shape index (κ2) is 5.24. The van der Waals surface area contributed by atoms with Crippen LogP contribution in [-0.2, 0) is 10.0 Å². The number of sulfonamides is 1. The predicted octanol–water partition coefficient (Wildman–Crippen LogP) is 0.211. The van der Waals surface area contributed by atoms with Gasteiger partial charge in [0.15, 0.2) is 0 Å². The molecule has 2 N–H and O–H groups in total. The van der Waals surface area contributed by atoms with Crippen molar-refractivity contribution in [2.75, 3.05) is 13.1 Å². The van der Waals surface area contributed by atoms with Crippen molar-refractivity contribution in [1.29, 1.82) is 0 Å². The summed E-state index contributed by atoms with van der Waals surface area (Å²) in [5.74, 6) is -0.305. The number of pyridine rings is 1. The van der Waals surface area contributed by atoms with E-state index >= 15 is 0 Å². The third kappa shape index (κ3) is 3.24. The topological polar surface area (TPSA) is 93.4 Å². The molecule has 0 bridgehead atoms. The maximum Gasteiger partial charge on any atom is 0.272 e. The first-order valence-electron chi connectivity index (χ1n) is 5.18. The molecule has 1 rings (SSSR count). The molecule has 0 unspecified atom stereocenters. The van der Waals surface area contributed by atoms with E-state index in [4.69, 9.17) is 5.14 Å². The van der Waals surface area contributed by atoms with Crippen LogP contribution in [0.2, 0.25) is 0 Å². The van der Waals surface area contributed by atoms with Crippen LogP contribution < -0.4 is 5.14 Å². The number of hydrogen-bond donors (Lipinski definition) is 1. The summed E-state index contributed by atoms with van der Waals surface area (Å²) in [7, 11) is -3.81. The average Bonchev–Trinajstić information content (AvgIpc) is 2.29. The fourth-order valence-electron chi connectivity index (χ4n) is 1.38. The maximum absolute atomic E-state index is 11.9. The Kier molecular flexibility index (Phi) is 4.19. The van der Waals surface area contributed by atoms with E-state index in [-0.39, 0.29) is 16.5 Å². The minimum Gasteiger partial charge on any atom is -0.338 e. The second-order valence-electron chi connectivity index (χ2n) is 3.40. The monoisotopic (exact) mass is 257 g/mol. The minimum atomic E-state index is -3.81. The highest BCUT2D eigenvalue weighted by molar-refractivity contribution is 7.89. The summed E-state index contributed by atoms with van der Waals surface area (Å²) >= 11 is 0. The van der Waals surface area contributed by atoms with Crippen molar-refractivity contribution >= 4 is 15.9 Å². The van der Waals surface area contributed by atoms with E-state index < -0.39 is 10.0 Å². The summed E-state index contributed by atoms with van der Waals surface area (Å²) in [6.07, 6.45) is 1.26. The number of carbonyl (C=O) groups is 1. The molecule has 6 nitrogen and oxygen atoms in total. The molecule has 17 heavy (non-hydrogen) atoms. The Morgan fingerprint density at radius 3 is 2.47 bits per heavy atom. The van der Waals surface area contributed by atoms with Gasteiger partial charge in [-0.3, -0.25) is 9.78 Å². The van der Waals surface area contributed by atoms with Crippen LogP contribution in [0, 0.1) is 0 Å². The molecule has 0 aliphatic rings. The molecule has 0 aromatic carbocycles. The number of nitrogens with zero attached hydrogens (tertiary/aromatic N) is 2. The molecule has 94 valence electrons. The van der Waals surface area contributed by atoms with E-state index in [1.165, 1.54) is 18.3 Å². The largest absolute Gasteiger partial charge is 0.338 e. The molecule has 1 amide bonds. The van der Waals surface area contributed by atoms with E-state index in [1.807, 2.05) is 13.8 Å². The average molecular weight is 257 g/mol. The first kappa shape index (κ1) is 13.6. The molecule has 1 heterocycles. The molecule has 0 saturated heterocycles. The van der Waals surface area contributed by atoms with E-state index in [9.17, 15) is 13.2 Å². The number of amides is 1. The van der Waals surface area contributed by atoms with Crippen LogP contribution in [0.15, 0.2) is 23.2 Å². The molecule has 0 radical (unpaired) electrons. The van der Waals surface area contributed by atoms with Gasteiger partial charge in [0.05, 0.1) is 4.90 Å². The van der Waals surface area contributed by atoms with Gasteiger partial charge in [-0.25, -0.2) is 13.6 Å². The zero-order valence-electron chi connectivity index (χ0n) is 9.75. The Morgan fingerprint density at radius 1 is 1.41 bits per heavy atom. The smallest absolute Gasteiger partial charge is 0.272 e. The van der Waals surface area contributed by atoms with E-state index in [0.29, 0.717) is 13.1 Å². The van der Waals surface area contributed by atoms with E-state index in [1.54, 1.807) is 4.90 Å². The third-order valence-electron chi connectivity index (χ3n) is 2.33. The fraction of sp³-hybridized carbons (Fsp3) is 0.400. The molecular weight excluding hydrogens is 242 g/mol. The van der Waals surface area contributed by atoms with Gasteiger partial charge in [-0.05, 0) is 26.0 Å². The Hall–Kier alpha value is -1.47. The van der Waals surface area contributed by atoms with Gasteiger partial charge in [0, 0.05) is 19.3 Å². The number of aromatic nitrogens is 1. The minimum absolute atomic E-state index is 0.0835. The van der Waals surface area contributed by atoms with Crippen LogP contribution in [0.5, 0.6) is 0 Å². The van der Waals surface area contributed by atoms with Crippen LogP contribution >= 0.6 is 0 Å².